The van der Waals surface area contributed by atoms with Gasteiger partial charge in [-0.05, 0) is 44.0 Å². The summed E-state index contributed by atoms with van der Waals surface area (Å²) in [5.74, 6) is 1.77. The van der Waals surface area contributed by atoms with Crippen LogP contribution in [0.4, 0.5) is 0 Å². The number of hydrogen-bond donors (Lipinski definition) is 0. The van der Waals surface area contributed by atoms with Crippen molar-refractivity contribution in [3.63, 3.8) is 0 Å². The summed E-state index contributed by atoms with van der Waals surface area (Å²) in [6.45, 7) is 3.42. The van der Waals surface area contributed by atoms with E-state index in [0.29, 0.717) is 18.7 Å². The smallest absolute Gasteiger partial charge is 0.227 e. The fourth-order valence-corrected chi connectivity index (χ4v) is 4.08. The molecule has 0 radical (unpaired) electrons. The highest BCUT2D eigenvalue weighted by Gasteiger charge is 2.27. The molecule has 7 nitrogen and oxygen atoms in total. The summed E-state index contributed by atoms with van der Waals surface area (Å²) in [5, 5.41) is 4.59. The van der Waals surface area contributed by atoms with Crippen molar-refractivity contribution < 1.29 is 14.3 Å². The number of methoxy groups -OCH3 is 2. The number of nitrogens with zero attached hydrogens (tertiary/aromatic N) is 4. The minimum absolute atomic E-state index is 0.100. The molecule has 1 atom stereocenters. The monoisotopic (exact) mass is 394 g/mol. The Labute approximate surface area is 170 Å². The summed E-state index contributed by atoms with van der Waals surface area (Å²) < 4.78 is 12.6. The molecule has 152 valence electrons. The van der Waals surface area contributed by atoms with Crippen molar-refractivity contribution in [1.82, 2.24) is 19.5 Å². The summed E-state index contributed by atoms with van der Waals surface area (Å²) in [5.41, 5.74) is 3.75. The fourth-order valence-electron chi connectivity index (χ4n) is 4.08. The van der Waals surface area contributed by atoms with Crippen LogP contribution in [0.25, 0.3) is 5.65 Å². The van der Waals surface area contributed by atoms with Gasteiger partial charge in [0, 0.05) is 36.8 Å². The first-order valence-corrected chi connectivity index (χ1v) is 9.89. The van der Waals surface area contributed by atoms with E-state index < -0.39 is 0 Å². The van der Waals surface area contributed by atoms with Gasteiger partial charge in [-0.25, -0.2) is 9.50 Å². The topological polar surface area (TPSA) is 69.0 Å². The Kier molecular flexibility index (Phi) is 5.38. The summed E-state index contributed by atoms with van der Waals surface area (Å²) in [6.07, 6.45) is 4.12. The van der Waals surface area contributed by atoms with E-state index in [1.54, 1.807) is 14.2 Å². The molecule has 1 amide bonds. The molecule has 2 aromatic heterocycles. The second-order valence-corrected chi connectivity index (χ2v) is 7.46. The molecule has 3 heterocycles. The van der Waals surface area contributed by atoms with Gasteiger partial charge in [-0.3, -0.25) is 4.79 Å². The molecule has 1 aliphatic heterocycles. The predicted octanol–water partition coefficient (Wildman–Crippen LogP) is 3.00. The molecular formula is C22H26N4O3. The first-order valence-electron chi connectivity index (χ1n) is 9.89. The lowest BCUT2D eigenvalue weighted by Crippen LogP contribution is -2.40. The van der Waals surface area contributed by atoms with Crippen molar-refractivity contribution in [3.05, 3.63) is 53.5 Å². The number of fused-ring (bicyclic) bond motifs is 1. The highest BCUT2D eigenvalue weighted by molar-refractivity contribution is 5.80. The largest absolute Gasteiger partial charge is 0.497 e. The lowest BCUT2D eigenvalue weighted by molar-refractivity contribution is -0.131. The standard InChI is InChI=1S/C22H26N4O3/c1-15-11-21-23-9-8-19(26(21)24-15)16-5-4-10-25(14-16)22(27)13-17-12-18(28-2)6-7-20(17)29-3/h6-9,11-12,16H,4-5,10,13-14H2,1-3H3/t16-/m1/s1. The number of carbonyl (C=O) groups is 1. The quantitative estimate of drug-likeness (QED) is 0.665. The number of rotatable bonds is 5. The Morgan fingerprint density at radius 3 is 2.86 bits per heavy atom. The molecule has 3 aromatic rings. The molecule has 4 rings (SSSR count). The Balaban J connectivity index is 1.53. The van der Waals surface area contributed by atoms with Crippen molar-refractivity contribution in [2.75, 3.05) is 27.3 Å². The molecule has 1 aromatic carbocycles. The molecule has 1 saturated heterocycles. The van der Waals surface area contributed by atoms with E-state index in [2.05, 4.69) is 10.1 Å². The van der Waals surface area contributed by atoms with Crippen LogP contribution in [0.15, 0.2) is 36.5 Å². The molecule has 0 N–H and O–H groups in total. The average molecular weight is 394 g/mol. The van der Waals surface area contributed by atoms with Crippen LogP contribution in [0.1, 0.15) is 35.7 Å². The lowest BCUT2D eigenvalue weighted by atomic mass is 9.94. The van der Waals surface area contributed by atoms with Gasteiger partial charge < -0.3 is 14.4 Å². The number of ether oxygens (including phenoxy) is 2. The van der Waals surface area contributed by atoms with Crippen LogP contribution in [-0.2, 0) is 11.2 Å². The van der Waals surface area contributed by atoms with Crippen LogP contribution in [-0.4, -0.2) is 52.7 Å². The maximum absolute atomic E-state index is 13.1. The third-order valence-electron chi connectivity index (χ3n) is 5.53. The van der Waals surface area contributed by atoms with E-state index in [1.165, 1.54) is 0 Å². The number of carbonyl (C=O) groups excluding carboxylic acids is 1. The second-order valence-electron chi connectivity index (χ2n) is 7.46. The number of benzene rings is 1. The van der Waals surface area contributed by atoms with Gasteiger partial charge in [-0.1, -0.05) is 0 Å². The maximum Gasteiger partial charge on any atom is 0.227 e. The Hall–Kier alpha value is -3.09. The molecule has 0 unspecified atom stereocenters. The van der Waals surface area contributed by atoms with Gasteiger partial charge in [-0.15, -0.1) is 0 Å². The Morgan fingerprint density at radius 1 is 1.21 bits per heavy atom. The molecule has 0 spiro atoms. The zero-order chi connectivity index (χ0) is 20.4. The number of piperidine rings is 1. The number of amides is 1. The average Bonchev–Trinajstić information content (AvgIpc) is 3.13. The SMILES string of the molecule is COc1ccc(OC)c(CC(=O)N2CCC[C@@H](c3ccnc4cc(C)nn34)C2)c1. The van der Waals surface area contributed by atoms with Crippen LogP contribution in [0.2, 0.25) is 0 Å². The minimum Gasteiger partial charge on any atom is -0.497 e. The lowest BCUT2D eigenvalue weighted by Gasteiger charge is -2.33. The Morgan fingerprint density at radius 2 is 2.07 bits per heavy atom. The molecule has 29 heavy (non-hydrogen) atoms. The van der Waals surface area contributed by atoms with E-state index in [1.807, 2.05) is 52.9 Å². The Bertz CT molecular complexity index is 1030. The third-order valence-corrected chi connectivity index (χ3v) is 5.53. The number of aryl methyl sites for hydroxylation is 1. The fraction of sp³-hybridized carbons (Fsp3) is 0.409. The van der Waals surface area contributed by atoms with Crippen LogP contribution in [0.3, 0.4) is 0 Å². The van der Waals surface area contributed by atoms with Gasteiger partial charge in [0.1, 0.15) is 11.5 Å². The van der Waals surface area contributed by atoms with Crippen LogP contribution >= 0.6 is 0 Å². The molecular weight excluding hydrogens is 368 g/mol. The predicted molar refractivity (Wildman–Crippen MR) is 110 cm³/mol. The van der Waals surface area contributed by atoms with Gasteiger partial charge in [0.15, 0.2) is 5.65 Å². The molecule has 1 aliphatic rings. The highest BCUT2D eigenvalue weighted by atomic mass is 16.5. The van der Waals surface area contributed by atoms with Crippen molar-refractivity contribution in [3.8, 4) is 11.5 Å². The number of aromatic nitrogens is 3. The first-order chi connectivity index (χ1) is 14.1. The minimum atomic E-state index is 0.100. The van der Waals surface area contributed by atoms with Crippen LogP contribution in [0.5, 0.6) is 11.5 Å². The molecule has 0 saturated carbocycles. The highest BCUT2D eigenvalue weighted by Crippen LogP contribution is 2.29. The van der Waals surface area contributed by atoms with E-state index in [0.717, 1.165) is 47.7 Å². The molecule has 0 bridgehead atoms. The van der Waals surface area contributed by atoms with Crippen molar-refractivity contribution in [2.24, 2.45) is 0 Å². The van der Waals surface area contributed by atoms with Gasteiger partial charge in [-0.2, -0.15) is 5.10 Å². The summed E-state index contributed by atoms with van der Waals surface area (Å²) in [7, 11) is 3.24. The zero-order valence-electron chi connectivity index (χ0n) is 17.1. The van der Waals surface area contributed by atoms with Gasteiger partial charge in [0.25, 0.3) is 0 Å². The van der Waals surface area contributed by atoms with E-state index >= 15 is 0 Å². The van der Waals surface area contributed by atoms with Crippen molar-refractivity contribution in [1.29, 1.82) is 0 Å². The summed E-state index contributed by atoms with van der Waals surface area (Å²) in [6, 6.07) is 9.54. The van der Waals surface area contributed by atoms with Crippen LogP contribution in [0, 0.1) is 6.92 Å². The van der Waals surface area contributed by atoms with Crippen molar-refractivity contribution >= 4 is 11.6 Å². The molecule has 7 heteroatoms. The number of hydrogen-bond acceptors (Lipinski definition) is 5. The van der Waals surface area contributed by atoms with Gasteiger partial charge >= 0.3 is 0 Å². The summed E-state index contributed by atoms with van der Waals surface area (Å²) >= 11 is 0. The van der Waals surface area contributed by atoms with Gasteiger partial charge in [0.05, 0.1) is 32.0 Å². The first kappa shape index (κ1) is 19.2. The van der Waals surface area contributed by atoms with E-state index in [4.69, 9.17) is 9.47 Å². The van der Waals surface area contributed by atoms with E-state index in [9.17, 15) is 4.79 Å². The third kappa shape index (κ3) is 3.90. The molecule has 0 aliphatic carbocycles. The molecule has 1 fully saturated rings. The maximum atomic E-state index is 13.1. The second kappa shape index (κ2) is 8.11. The summed E-state index contributed by atoms with van der Waals surface area (Å²) in [4.78, 5) is 19.4. The number of likely N-dealkylation sites (tertiary alicyclic amines) is 1. The zero-order valence-corrected chi connectivity index (χ0v) is 17.1. The van der Waals surface area contributed by atoms with Crippen LogP contribution < -0.4 is 9.47 Å². The van der Waals surface area contributed by atoms with Gasteiger partial charge in [0.2, 0.25) is 5.91 Å². The van der Waals surface area contributed by atoms with E-state index in [-0.39, 0.29) is 11.8 Å². The normalized spacial score (nSPS) is 16.8. The van der Waals surface area contributed by atoms with Crippen molar-refractivity contribution in [2.45, 2.75) is 32.1 Å².